The zero-order chi connectivity index (χ0) is 20.9. The molecule has 1 aliphatic rings. The largest absolute Gasteiger partial charge is 0.349 e. The van der Waals surface area contributed by atoms with Gasteiger partial charge in [0.15, 0.2) is 0 Å². The molecule has 6 nitrogen and oxygen atoms in total. The summed E-state index contributed by atoms with van der Waals surface area (Å²) >= 11 is 1.11. The lowest BCUT2D eigenvalue weighted by molar-refractivity contribution is -0.125. The lowest BCUT2D eigenvalue weighted by atomic mass is 9.72. The first-order valence-corrected chi connectivity index (χ1v) is 10.1. The Kier molecular flexibility index (Phi) is 6.88. The number of hydrogen-bond acceptors (Lipinski definition) is 5. The minimum Gasteiger partial charge on any atom is -0.349 e. The Balaban J connectivity index is 2.09. The van der Waals surface area contributed by atoms with Crippen LogP contribution < -0.4 is 10.6 Å². The normalized spacial score (nSPS) is 19.2. The SMILES string of the molecule is CC[C@H](NC(=O)CSC1=C(C#N)C(C)(C)[C@@H](C#N)C(=O)N1)c1ccc(C)cc1. The number of aryl methyl sites for hydroxylation is 1. The Morgan fingerprint density at radius 3 is 2.50 bits per heavy atom. The van der Waals surface area contributed by atoms with Crippen molar-refractivity contribution in [2.45, 2.75) is 40.2 Å². The third-order valence-corrected chi connectivity index (χ3v) is 5.91. The summed E-state index contributed by atoms with van der Waals surface area (Å²) < 4.78 is 0. The summed E-state index contributed by atoms with van der Waals surface area (Å²) in [6.07, 6.45) is 0.749. The minimum absolute atomic E-state index is 0.0659. The molecule has 7 heteroatoms. The number of allylic oxidation sites excluding steroid dienone is 1. The van der Waals surface area contributed by atoms with Crippen LogP contribution in [0.15, 0.2) is 34.9 Å². The van der Waals surface area contributed by atoms with E-state index in [1.807, 2.05) is 44.2 Å². The molecule has 0 aromatic heterocycles. The maximum atomic E-state index is 12.5. The van der Waals surface area contributed by atoms with E-state index in [-0.39, 0.29) is 17.7 Å². The molecule has 2 N–H and O–H groups in total. The maximum Gasteiger partial charge on any atom is 0.243 e. The van der Waals surface area contributed by atoms with Crippen LogP contribution in [-0.2, 0) is 9.59 Å². The molecule has 0 saturated carbocycles. The maximum absolute atomic E-state index is 12.5. The molecule has 1 aromatic carbocycles. The van der Waals surface area contributed by atoms with Crippen molar-refractivity contribution in [2.75, 3.05) is 5.75 Å². The smallest absolute Gasteiger partial charge is 0.243 e. The molecule has 0 fully saturated rings. The number of benzene rings is 1. The van der Waals surface area contributed by atoms with Gasteiger partial charge in [-0.15, -0.1) is 0 Å². The third kappa shape index (κ3) is 4.55. The highest BCUT2D eigenvalue weighted by atomic mass is 32.2. The monoisotopic (exact) mass is 396 g/mol. The first kappa shape index (κ1) is 21.5. The van der Waals surface area contributed by atoms with Crippen molar-refractivity contribution in [3.8, 4) is 12.1 Å². The van der Waals surface area contributed by atoms with Crippen LogP contribution in [0.1, 0.15) is 44.4 Å². The first-order chi connectivity index (χ1) is 13.2. The Morgan fingerprint density at radius 2 is 1.96 bits per heavy atom. The van der Waals surface area contributed by atoms with Crippen LogP contribution in [0.5, 0.6) is 0 Å². The topological polar surface area (TPSA) is 106 Å². The molecule has 0 unspecified atom stereocenters. The van der Waals surface area contributed by atoms with E-state index in [0.29, 0.717) is 10.6 Å². The summed E-state index contributed by atoms with van der Waals surface area (Å²) in [5.41, 5.74) is 1.61. The highest BCUT2D eigenvalue weighted by Gasteiger charge is 2.44. The Hall–Kier alpha value is -2.77. The second kappa shape index (κ2) is 8.95. The van der Waals surface area contributed by atoms with Gasteiger partial charge in [0.1, 0.15) is 5.92 Å². The number of hydrogen-bond donors (Lipinski definition) is 2. The van der Waals surface area contributed by atoms with Crippen molar-refractivity contribution < 1.29 is 9.59 Å². The molecule has 0 radical (unpaired) electrons. The van der Waals surface area contributed by atoms with Crippen molar-refractivity contribution in [3.05, 3.63) is 46.0 Å². The van der Waals surface area contributed by atoms with E-state index in [4.69, 9.17) is 0 Å². The molecule has 0 spiro atoms. The van der Waals surface area contributed by atoms with E-state index in [2.05, 4.69) is 16.7 Å². The van der Waals surface area contributed by atoms with Gasteiger partial charge in [-0.05, 0) is 18.9 Å². The highest BCUT2D eigenvalue weighted by Crippen LogP contribution is 2.41. The molecular weight excluding hydrogens is 372 g/mol. The predicted molar refractivity (Wildman–Crippen MR) is 108 cm³/mol. The summed E-state index contributed by atoms with van der Waals surface area (Å²) in [6.45, 7) is 7.41. The van der Waals surface area contributed by atoms with Gasteiger partial charge in [-0.25, -0.2) is 0 Å². The van der Waals surface area contributed by atoms with Crippen LogP contribution in [0, 0.1) is 40.9 Å². The molecule has 2 amide bonds. The zero-order valence-corrected chi connectivity index (χ0v) is 17.3. The number of amides is 2. The van der Waals surface area contributed by atoms with Gasteiger partial charge in [0.2, 0.25) is 11.8 Å². The van der Waals surface area contributed by atoms with Crippen molar-refractivity contribution >= 4 is 23.6 Å². The predicted octanol–water partition coefficient (Wildman–Crippen LogP) is 3.33. The van der Waals surface area contributed by atoms with Gasteiger partial charge < -0.3 is 10.6 Å². The van der Waals surface area contributed by atoms with Gasteiger partial charge in [-0.3, -0.25) is 9.59 Å². The Labute approximate surface area is 170 Å². The molecule has 28 heavy (non-hydrogen) atoms. The summed E-state index contributed by atoms with van der Waals surface area (Å²) in [4.78, 5) is 24.7. The van der Waals surface area contributed by atoms with Crippen molar-refractivity contribution in [1.29, 1.82) is 10.5 Å². The Bertz CT molecular complexity index is 875. The second-order valence-corrected chi connectivity index (χ2v) is 8.30. The fourth-order valence-electron chi connectivity index (χ4n) is 3.13. The average molecular weight is 397 g/mol. The van der Waals surface area contributed by atoms with Crippen LogP contribution >= 0.6 is 11.8 Å². The minimum atomic E-state index is -0.939. The molecule has 1 aromatic rings. The van der Waals surface area contributed by atoms with Gasteiger partial charge in [0.25, 0.3) is 0 Å². The molecule has 1 heterocycles. The van der Waals surface area contributed by atoms with E-state index in [1.54, 1.807) is 13.8 Å². The number of nitriles is 2. The van der Waals surface area contributed by atoms with Crippen LogP contribution in [0.4, 0.5) is 0 Å². The number of nitrogens with one attached hydrogen (secondary N) is 2. The van der Waals surface area contributed by atoms with Crippen LogP contribution in [-0.4, -0.2) is 17.6 Å². The highest BCUT2D eigenvalue weighted by molar-refractivity contribution is 8.03. The number of thioether (sulfide) groups is 1. The van der Waals surface area contributed by atoms with Gasteiger partial charge in [0.05, 0.1) is 34.5 Å². The van der Waals surface area contributed by atoms with Crippen LogP contribution in [0.3, 0.4) is 0 Å². The average Bonchev–Trinajstić information content (AvgIpc) is 2.64. The third-order valence-electron chi connectivity index (χ3n) is 4.90. The molecular formula is C21H24N4O2S. The Morgan fingerprint density at radius 1 is 1.32 bits per heavy atom. The molecule has 0 bridgehead atoms. The molecule has 146 valence electrons. The van der Waals surface area contributed by atoms with E-state index in [0.717, 1.165) is 29.3 Å². The van der Waals surface area contributed by atoms with Crippen molar-refractivity contribution in [1.82, 2.24) is 10.6 Å². The van der Waals surface area contributed by atoms with E-state index >= 15 is 0 Å². The molecule has 0 aliphatic carbocycles. The zero-order valence-electron chi connectivity index (χ0n) is 16.5. The summed E-state index contributed by atoms with van der Waals surface area (Å²) in [5, 5.41) is 24.7. The summed E-state index contributed by atoms with van der Waals surface area (Å²) in [7, 11) is 0. The molecule has 0 saturated heterocycles. The lowest BCUT2D eigenvalue weighted by Gasteiger charge is -2.34. The van der Waals surface area contributed by atoms with Crippen molar-refractivity contribution in [3.63, 3.8) is 0 Å². The van der Waals surface area contributed by atoms with Gasteiger partial charge in [-0.2, -0.15) is 10.5 Å². The molecule has 1 aliphatic heterocycles. The molecule has 2 rings (SSSR count). The summed E-state index contributed by atoms with van der Waals surface area (Å²) in [5.74, 6) is -1.50. The number of nitrogens with zero attached hydrogens (tertiary/aromatic N) is 2. The van der Waals surface area contributed by atoms with E-state index in [1.165, 1.54) is 0 Å². The quantitative estimate of drug-likeness (QED) is 0.767. The fourth-order valence-corrected chi connectivity index (χ4v) is 4.11. The fraction of sp³-hybridized carbons (Fsp3) is 0.429. The second-order valence-electron chi connectivity index (χ2n) is 7.32. The number of rotatable bonds is 6. The van der Waals surface area contributed by atoms with Crippen molar-refractivity contribution in [2.24, 2.45) is 11.3 Å². The van der Waals surface area contributed by atoms with Gasteiger partial charge in [0, 0.05) is 5.41 Å². The number of carbonyl (C=O) groups is 2. The number of carbonyl (C=O) groups excluding carboxylic acids is 2. The first-order valence-electron chi connectivity index (χ1n) is 9.08. The molecule has 2 atom stereocenters. The summed E-state index contributed by atoms with van der Waals surface area (Å²) in [6, 6.07) is 12.0. The van der Waals surface area contributed by atoms with Gasteiger partial charge >= 0.3 is 0 Å². The van der Waals surface area contributed by atoms with Gasteiger partial charge in [-0.1, -0.05) is 62.4 Å². The van der Waals surface area contributed by atoms with Crippen LogP contribution in [0.2, 0.25) is 0 Å². The van der Waals surface area contributed by atoms with Crippen LogP contribution in [0.25, 0.3) is 0 Å². The van der Waals surface area contributed by atoms with E-state index in [9.17, 15) is 20.1 Å². The van der Waals surface area contributed by atoms with E-state index < -0.39 is 17.2 Å². The lowest BCUT2D eigenvalue weighted by Crippen LogP contribution is -2.44. The standard InChI is InChI=1S/C21H24N4O2S/c1-5-17(14-8-6-13(2)7-9-14)24-18(26)12-28-20-16(11-23)21(3,4)15(10-22)19(27)25-20/h6-9,15,17H,5,12H2,1-4H3,(H,24,26)(H,25,27)/t15-,17-/m0/s1.